The van der Waals surface area contributed by atoms with E-state index in [0.29, 0.717) is 0 Å². The summed E-state index contributed by atoms with van der Waals surface area (Å²) in [4.78, 5) is 20.1. The minimum atomic E-state index is -0.502. The third-order valence-corrected chi connectivity index (χ3v) is 0.783. The van der Waals surface area contributed by atoms with Gasteiger partial charge in [0.25, 0.3) is 0 Å². The summed E-state index contributed by atoms with van der Waals surface area (Å²) in [6.45, 7) is 1.48. The molecule has 0 aliphatic rings. The van der Waals surface area contributed by atoms with Crippen LogP contribution in [0.4, 0.5) is 0 Å². The van der Waals surface area contributed by atoms with Crippen LogP contribution in [0, 0.1) is 0 Å². The molecule has 4 heteroatoms. The second-order valence-corrected chi connectivity index (χ2v) is 1.44. The molecule has 0 aliphatic carbocycles. The summed E-state index contributed by atoms with van der Waals surface area (Å²) in [6.07, 6.45) is 2.50. The van der Waals surface area contributed by atoms with E-state index in [1.807, 2.05) is 0 Å². The van der Waals surface area contributed by atoms with Crippen molar-refractivity contribution in [1.29, 1.82) is 0 Å². The number of carbonyl (C=O) groups is 1. The predicted octanol–water partition coefficient (Wildman–Crippen LogP) is 0.213. The Morgan fingerprint density at radius 3 is 2.40 bits per heavy atom. The molecule has 0 aromatic rings. The number of rotatable bonds is 2. The van der Waals surface area contributed by atoms with Crippen molar-refractivity contribution in [2.24, 2.45) is 0 Å². The minimum Gasteiger partial charge on any atom is -0.479 e. The third kappa shape index (κ3) is 4.82. The number of allylic oxidation sites excluding steroid dienone is 1. The van der Waals surface area contributed by atoms with E-state index >= 15 is 0 Å². The first-order chi connectivity index (χ1) is 4.22. The summed E-state index contributed by atoms with van der Waals surface area (Å²) in [5.74, 6) is -0.502. The van der Waals surface area contributed by atoms with Crippen molar-refractivity contribution in [3.63, 3.8) is 0 Å². The largest absolute Gasteiger partial charge is 3.00 e. The summed E-state index contributed by atoms with van der Waals surface area (Å²) < 4.78 is 4.28. The fourth-order valence-electron chi connectivity index (χ4n) is 0.308. The number of hydrogen-bond acceptors (Lipinski definition) is 3. The van der Waals surface area contributed by atoms with Gasteiger partial charge in [-0.05, 0) is 6.29 Å². The van der Waals surface area contributed by atoms with Crippen LogP contribution >= 0.6 is 0 Å². The van der Waals surface area contributed by atoms with E-state index in [1.165, 1.54) is 20.3 Å². The average molecular weight is 216 g/mol. The van der Waals surface area contributed by atoms with Gasteiger partial charge in [0.2, 0.25) is 5.97 Å². The molecule has 0 unspecified atom stereocenters. The van der Waals surface area contributed by atoms with E-state index in [2.05, 4.69) is 4.74 Å². The number of carbonyl (C=O) groups excluding carboxylic acids is 2. The Hall–Kier alpha value is -0.0161. The Labute approximate surface area is 84.7 Å². The van der Waals surface area contributed by atoms with Crippen molar-refractivity contribution >= 4 is 12.3 Å². The van der Waals surface area contributed by atoms with Crippen LogP contribution < -0.4 is 0 Å². The topological polar surface area (TPSA) is 43.4 Å². The van der Waals surface area contributed by atoms with Gasteiger partial charge in [-0.1, -0.05) is 0 Å². The Bertz CT molecular complexity index is 151. The van der Waals surface area contributed by atoms with Gasteiger partial charge in [0.1, 0.15) is 0 Å². The first-order valence-corrected chi connectivity index (χ1v) is 2.35. The van der Waals surface area contributed by atoms with Gasteiger partial charge in [-0.3, -0.25) is 4.79 Å². The molecule has 0 bridgehead atoms. The summed E-state index contributed by atoms with van der Waals surface area (Å²) >= 11 is 0. The number of esters is 1. The summed E-state index contributed by atoms with van der Waals surface area (Å²) in [7, 11) is 1.25. The van der Waals surface area contributed by atoms with Gasteiger partial charge in [-0.15, -0.1) is 12.5 Å². The van der Waals surface area contributed by atoms with Gasteiger partial charge in [0.05, 0.1) is 7.11 Å². The number of methoxy groups -OCH3 is 1. The fourth-order valence-corrected chi connectivity index (χ4v) is 0.308. The second-order valence-electron chi connectivity index (χ2n) is 1.44. The van der Waals surface area contributed by atoms with Crippen LogP contribution in [0.3, 0.4) is 0 Å². The molecule has 0 heterocycles. The maximum absolute atomic E-state index is 10.4. The Morgan fingerprint density at radius 2 is 2.10 bits per heavy atom. The molecule has 10 heavy (non-hydrogen) atoms. The van der Waals surface area contributed by atoms with Gasteiger partial charge in [0, 0.05) is 0 Å². The van der Waals surface area contributed by atoms with Crippen molar-refractivity contribution in [2.45, 2.75) is 6.92 Å². The average Bonchev–Trinajstić information content (AvgIpc) is 1.87. The van der Waals surface area contributed by atoms with E-state index in [0.717, 1.165) is 6.08 Å². The molecule has 0 N–H and O–H groups in total. The van der Waals surface area contributed by atoms with Gasteiger partial charge in [-0.2, -0.15) is 6.08 Å². The number of ether oxygens (including phenoxy) is 1. The first-order valence-electron chi connectivity index (χ1n) is 2.35. The van der Waals surface area contributed by atoms with Crippen LogP contribution in [0.2, 0.25) is 0 Å². The van der Waals surface area contributed by atoms with Gasteiger partial charge in [-0.25, -0.2) is 0 Å². The van der Waals surface area contributed by atoms with E-state index < -0.39 is 5.97 Å². The molecule has 0 saturated carbocycles. The molecule has 0 atom stereocenters. The monoisotopic (exact) mass is 216 g/mol. The first kappa shape index (κ1) is 12.6. The smallest absolute Gasteiger partial charge is 0.479 e. The van der Waals surface area contributed by atoms with E-state index in [-0.39, 0.29) is 38.3 Å². The molecule has 0 radical (unpaired) electrons. The maximum atomic E-state index is 10.4. The zero-order valence-corrected chi connectivity index (χ0v) is 8.72. The van der Waals surface area contributed by atoms with Crippen molar-refractivity contribution in [3.8, 4) is 0 Å². The second kappa shape index (κ2) is 7.10. The third-order valence-electron chi connectivity index (χ3n) is 0.783. The zero-order valence-electron chi connectivity index (χ0n) is 5.88. The summed E-state index contributed by atoms with van der Waals surface area (Å²) in [6, 6.07) is 0. The van der Waals surface area contributed by atoms with Gasteiger partial charge in [0.15, 0.2) is 0 Å². The van der Waals surface area contributed by atoms with Crippen molar-refractivity contribution in [3.05, 3.63) is 11.6 Å². The van der Waals surface area contributed by atoms with E-state index in [9.17, 15) is 9.59 Å². The molecule has 50 valence electrons. The Kier molecular flexibility index (Phi) is 8.97. The molecule has 0 aromatic carbocycles. The standard InChI is InChI=1S/C6H7O3.Y/c1-5(3-4-7)6(8)9-2;/h3H,1-2H3;/q-1;+3/b5-3-;. The Morgan fingerprint density at radius 1 is 1.60 bits per heavy atom. The zero-order chi connectivity index (χ0) is 7.28. The predicted molar refractivity (Wildman–Crippen MR) is 31.5 cm³/mol. The molecule has 0 rings (SSSR count). The maximum Gasteiger partial charge on any atom is 3.00 e. The SMILES string of the molecule is COC(=O)/C(C)=C\[C-]=O.[Y+3]. The quantitative estimate of drug-likeness (QED) is 0.376. The molecule has 0 spiro atoms. The molecular formula is C6H7O3Y+2. The normalized spacial score (nSPS) is 9.60. The van der Waals surface area contributed by atoms with Crippen molar-refractivity contribution < 1.29 is 47.0 Å². The summed E-state index contributed by atoms with van der Waals surface area (Å²) in [5.41, 5.74) is 0.257. The van der Waals surface area contributed by atoms with Crippen molar-refractivity contribution in [1.82, 2.24) is 0 Å². The van der Waals surface area contributed by atoms with Gasteiger partial charge >= 0.3 is 32.7 Å². The summed E-state index contributed by atoms with van der Waals surface area (Å²) in [5, 5.41) is 0. The van der Waals surface area contributed by atoms with E-state index in [4.69, 9.17) is 0 Å². The molecule has 3 nitrogen and oxygen atoms in total. The van der Waals surface area contributed by atoms with Crippen LogP contribution in [0.15, 0.2) is 11.6 Å². The van der Waals surface area contributed by atoms with Crippen LogP contribution in [0.5, 0.6) is 0 Å². The van der Waals surface area contributed by atoms with Crippen LogP contribution in [-0.2, 0) is 47.0 Å². The molecule has 0 aliphatic heterocycles. The molecule has 0 amide bonds. The molecule has 0 fully saturated rings. The van der Waals surface area contributed by atoms with Crippen LogP contribution in [0.25, 0.3) is 0 Å². The van der Waals surface area contributed by atoms with E-state index in [1.54, 1.807) is 0 Å². The van der Waals surface area contributed by atoms with Gasteiger partial charge < -0.3 is 9.53 Å². The van der Waals surface area contributed by atoms with Crippen LogP contribution in [0.1, 0.15) is 6.92 Å². The number of hydrogen-bond donors (Lipinski definition) is 0. The van der Waals surface area contributed by atoms with Crippen LogP contribution in [-0.4, -0.2) is 19.4 Å². The molecular weight excluding hydrogens is 209 g/mol. The molecule has 0 saturated heterocycles. The minimum absolute atomic E-state index is 0. The van der Waals surface area contributed by atoms with Crippen molar-refractivity contribution in [2.75, 3.05) is 7.11 Å². The molecule has 0 aromatic heterocycles. The Balaban J connectivity index is 0. The fraction of sp³-hybridized carbons (Fsp3) is 0.333.